The maximum Gasteiger partial charge on any atom is 0.523 e. The molecule has 0 radical (unpaired) electrons. The number of halogens is 3. The van der Waals surface area contributed by atoms with E-state index in [9.17, 15) is 21.6 Å². The maximum absolute atomic E-state index is 11.7. The van der Waals surface area contributed by atoms with Crippen molar-refractivity contribution >= 4 is 10.1 Å². The monoisotopic (exact) mass is 232 g/mol. The second kappa shape index (κ2) is 4.63. The van der Waals surface area contributed by atoms with E-state index in [4.69, 9.17) is 6.42 Å². The second-order valence-corrected chi connectivity index (χ2v) is 3.64. The minimum absolute atomic E-state index is 0.339. The average molecular weight is 232 g/mol. The quantitative estimate of drug-likeness (QED) is 0.312. The molecule has 0 heterocycles. The van der Waals surface area contributed by atoms with E-state index >= 15 is 0 Å². The number of alkyl halides is 3. The maximum atomic E-state index is 11.7. The molecule has 0 N–H and O–H groups in total. The topological polar surface area (TPSA) is 52.6 Å². The number of hydrogen-bond acceptors (Lipinski definition) is 4. The summed E-state index contributed by atoms with van der Waals surface area (Å²) in [5.74, 6) is 1.94. The van der Waals surface area contributed by atoms with E-state index in [-0.39, 0.29) is 6.61 Å². The predicted molar refractivity (Wildman–Crippen MR) is 40.3 cm³/mol. The van der Waals surface area contributed by atoms with E-state index < -0.39 is 21.9 Å². The lowest BCUT2D eigenvalue weighted by molar-refractivity contribution is -0.0892. The van der Waals surface area contributed by atoms with E-state index in [2.05, 4.69) is 8.92 Å². The van der Waals surface area contributed by atoms with Gasteiger partial charge in [-0.25, -0.2) is 4.18 Å². The summed E-state index contributed by atoms with van der Waals surface area (Å²) in [7, 11) is -5.62. The van der Waals surface area contributed by atoms with Gasteiger partial charge in [0.1, 0.15) is 6.61 Å². The van der Waals surface area contributed by atoms with Gasteiger partial charge in [-0.15, -0.1) is 6.42 Å². The highest BCUT2D eigenvalue weighted by Gasteiger charge is 2.48. The minimum Gasteiger partial charge on any atom is -0.339 e. The highest BCUT2D eigenvalue weighted by molar-refractivity contribution is 7.87. The summed E-state index contributed by atoms with van der Waals surface area (Å²) in [4.78, 5) is 0. The Balaban J connectivity index is 4.33. The van der Waals surface area contributed by atoms with Crippen LogP contribution in [0.15, 0.2) is 0 Å². The van der Waals surface area contributed by atoms with Crippen molar-refractivity contribution < 1.29 is 30.5 Å². The molecule has 0 spiro atoms. The molecule has 82 valence electrons. The average Bonchev–Trinajstić information content (AvgIpc) is 1.97. The van der Waals surface area contributed by atoms with E-state index in [1.54, 1.807) is 0 Å². The van der Waals surface area contributed by atoms with Gasteiger partial charge in [0.2, 0.25) is 0 Å². The molecule has 14 heavy (non-hydrogen) atoms. The summed E-state index contributed by atoms with van der Waals surface area (Å²) in [5, 5.41) is 0. The highest BCUT2D eigenvalue weighted by Crippen LogP contribution is 2.25. The number of ether oxygens (including phenoxy) is 1. The molecule has 0 aromatic carbocycles. The van der Waals surface area contributed by atoms with Gasteiger partial charge >= 0.3 is 15.6 Å². The van der Waals surface area contributed by atoms with Crippen LogP contribution in [-0.4, -0.2) is 26.8 Å². The molecule has 0 aliphatic carbocycles. The molecule has 0 saturated heterocycles. The Bertz CT molecular complexity index is 313. The van der Waals surface area contributed by atoms with Crippen molar-refractivity contribution in [3.8, 4) is 12.3 Å². The van der Waals surface area contributed by atoms with E-state index in [0.29, 0.717) is 0 Å². The third-order valence-electron chi connectivity index (χ3n) is 0.947. The van der Waals surface area contributed by atoms with Gasteiger partial charge in [0.25, 0.3) is 0 Å². The molecule has 1 unspecified atom stereocenters. The van der Waals surface area contributed by atoms with Crippen LogP contribution >= 0.6 is 0 Å². The summed E-state index contributed by atoms with van der Waals surface area (Å²) < 4.78 is 63.8. The molecular formula is C6H7F3O4S. The summed E-state index contributed by atoms with van der Waals surface area (Å²) in [6, 6.07) is 0. The van der Waals surface area contributed by atoms with Crippen LogP contribution in [0.4, 0.5) is 13.2 Å². The third kappa shape index (κ3) is 3.95. The van der Waals surface area contributed by atoms with Crippen molar-refractivity contribution in [3.63, 3.8) is 0 Å². The molecule has 0 aliphatic rings. The molecule has 0 aliphatic heterocycles. The normalized spacial score (nSPS) is 14.8. The van der Waals surface area contributed by atoms with Crippen LogP contribution < -0.4 is 0 Å². The third-order valence-corrected chi connectivity index (χ3v) is 2.04. The van der Waals surface area contributed by atoms with Crippen molar-refractivity contribution in [3.05, 3.63) is 0 Å². The lowest BCUT2D eigenvalue weighted by Gasteiger charge is -2.13. The van der Waals surface area contributed by atoms with Gasteiger partial charge in [0.15, 0.2) is 6.29 Å². The van der Waals surface area contributed by atoms with Gasteiger partial charge in [-0.05, 0) is 6.92 Å². The smallest absolute Gasteiger partial charge is 0.339 e. The van der Waals surface area contributed by atoms with Crippen molar-refractivity contribution in [1.29, 1.82) is 0 Å². The molecule has 0 saturated carbocycles. The van der Waals surface area contributed by atoms with E-state index in [1.165, 1.54) is 0 Å². The van der Waals surface area contributed by atoms with Gasteiger partial charge in [0, 0.05) is 0 Å². The zero-order valence-electron chi connectivity index (χ0n) is 7.04. The van der Waals surface area contributed by atoms with Crippen LogP contribution in [0.1, 0.15) is 6.92 Å². The van der Waals surface area contributed by atoms with E-state index in [1.807, 2.05) is 5.92 Å². The van der Waals surface area contributed by atoms with Crippen molar-refractivity contribution in [2.24, 2.45) is 0 Å². The fraction of sp³-hybridized carbons (Fsp3) is 0.667. The molecule has 8 heteroatoms. The first-order valence-corrected chi connectivity index (χ1v) is 4.66. The predicted octanol–water partition coefficient (Wildman–Crippen LogP) is 0.848. The molecule has 0 aromatic rings. The van der Waals surface area contributed by atoms with Crippen LogP contribution in [0.3, 0.4) is 0 Å². The molecule has 0 rings (SSSR count). The van der Waals surface area contributed by atoms with Crippen LogP contribution in [0.25, 0.3) is 0 Å². The Kier molecular flexibility index (Phi) is 4.38. The molecular weight excluding hydrogens is 225 g/mol. The first-order valence-electron chi connectivity index (χ1n) is 3.25. The first kappa shape index (κ1) is 13.2. The van der Waals surface area contributed by atoms with E-state index in [0.717, 1.165) is 6.92 Å². The Labute approximate surface area is 79.1 Å². The van der Waals surface area contributed by atoms with Gasteiger partial charge in [-0.3, -0.25) is 0 Å². The molecule has 1 atom stereocenters. The Morgan fingerprint density at radius 2 is 2.00 bits per heavy atom. The SMILES string of the molecule is C#CCOC(C)OS(=O)(=O)C(F)(F)F. The molecule has 0 amide bonds. The molecule has 4 nitrogen and oxygen atoms in total. The van der Waals surface area contributed by atoms with Gasteiger partial charge in [-0.2, -0.15) is 21.6 Å². The van der Waals surface area contributed by atoms with Crippen molar-refractivity contribution in [1.82, 2.24) is 0 Å². The Morgan fingerprint density at radius 3 is 2.36 bits per heavy atom. The van der Waals surface area contributed by atoms with Crippen LogP contribution in [0.2, 0.25) is 0 Å². The van der Waals surface area contributed by atoms with Crippen molar-refractivity contribution in [2.75, 3.05) is 6.61 Å². The number of hydrogen-bond donors (Lipinski definition) is 0. The summed E-state index contributed by atoms with van der Waals surface area (Å²) >= 11 is 0. The zero-order chi connectivity index (χ0) is 11.4. The fourth-order valence-corrected chi connectivity index (χ4v) is 0.948. The van der Waals surface area contributed by atoms with Crippen LogP contribution in [-0.2, 0) is 19.0 Å². The van der Waals surface area contributed by atoms with Gasteiger partial charge in [0.05, 0.1) is 0 Å². The van der Waals surface area contributed by atoms with Crippen LogP contribution in [0, 0.1) is 12.3 Å². The highest BCUT2D eigenvalue weighted by atomic mass is 32.2. The second-order valence-electron chi connectivity index (χ2n) is 2.08. The van der Waals surface area contributed by atoms with Crippen LogP contribution in [0.5, 0.6) is 0 Å². The number of rotatable bonds is 4. The summed E-state index contributed by atoms with van der Waals surface area (Å²) in [6.45, 7) is 0.648. The minimum atomic E-state index is -5.62. The summed E-state index contributed by atoms with van der Waals surface area (Å²) in [5.41, 5.74) is -5.46. The van der Waals surface area contributed by atoms with Gasteiger partial charge in [-0.1, -0.05) is 5.92 Å². The molecule has 0 fully saturated rings. The zero-order valence-corrected chi connectivity index (χ0v) is 7.85. The standard InChI is InChI=1S/C6H7F3O4S/c1-3-4-12-5(2)13-14(10,11)6(7,8)9/h1,5H,4H2,2H3. The summed E-state index contributed by atoms with van der Waals surface area (Å²) in [6.07, 6.45) is 3.15. The Hall–Kier alpha value is -0.780. The Morgan fingerprint density at radius 1 is 1.50 bits per heavy atom. The lowest BCUT2D eigenvalue weighted by atomic mass is 10.7. The molecule has 0 bridgehead atoms. The molecule has 0 aromatic heterocycles. The van der Waals surface area contributed by atoms with Crippen molar-refractivity contribution in [2.45, 2.75) is 18.7 Å². The first-order chi connectivity index (χ1) is 6.20. The lowest BCUT2D eigenvalue weighted by Crippen LogP contribution is -2.30. The number of terminal acetylenes is 1. The van der Waals surface area contributed by atoms with Gasteiger partial charge < -0.3 is 4.74 Å². The fourth-order valence-electron chi connectivity index (χ4n) is 0.426. The largest absolute Gasteiger partial charge is 0.523 e.